The van der Waals surface area contributed by atoms with Gasteiger partial charge < -0.3 is 4.98 Å². The summed E-state index contributed by atoms with van der Waals surface area (Å²) in [6, 6.07) is 12.2. The van der Waals surface area contributed by atoms with E-state index in [4.69, 9.17) is 4.98 Å². The molecule has 138 valence electrons. The Balaban J connectivity index is 1.53. The van der Waals surface area contributed by atoms with Crippen LogP contribution in [0.25, 0.3) is 11.3 Å². The van der Waals surface area contributed by atoms with Gasteiger partial charge in [-0.05, 0) is 42.7 Å². The van der Waals surface area contributed by atoms with E-state index in [-0.39, 0.29) is 11.4 Å². The molecule has 27 heavy (non-hydrogen) atoms. The van der Waals surface area contributed by atoms with Gasteiger partial charge in [0.05, 0.1) is 22.6 Å². The number of benzene rings is 1. The highest BCUT2D eigenvalue weighted by Gasteiger charge is 2.21. The van der Waals surface area contributed by atoms with Crippen molar-refractivity contribution in [1.82, 2.24) is 19.9 Å². The van der Waals surface area contributed by atoms with E-state index in [1.165, 1.54) is 23.9 Å². The van der Waals surface area contributed by atoms with E-state index >= 15 is 0 Å². The molecule has 3 heterocycles. The van der Waals surface area contributed by atoms with Crippen LogP contribution in [0.15, 0.2) is 52.4 Å². The molecule has 0 fully saturated rings. The van der Waals surface area contributed by atoms with Crippen molar-refractivity contribution in [1.29, 1.82) is 0 Å². The second-order valence-electron chi connectivity index (χ2n) is 6.48. The van der Waals surface area contributed by atoms with Gasteiger partial charge in [-0.3, -0.25) is 14.7 Å². The number of rotatable bonds is 4. The van der Waals surface area contributed by atoms with E-state index in [2.05, 4.69) is 14.9 Å². The zero-order valence-corrected chi connectivity index (χ0v) is 15.7. The lowest BCUT2D eigenvalue weighted by Gasteiger charge is -2.27. The molecule has 2 aromatic heterocycles. The van der Waals surface area contributed by atoms with Crippen LogP contribution in [0.5, 0.6) is 0 Å². The Morgan fingerprint density at radius 2 is 2.00 bits per heavy atom. The Hall–Kier alpha value is -2.51. The largest absolute Gasteiger partial charge is 0.301 e. The van der Waals surface area contributed by atoms with Crippen LogP contribution in [0, 0.1) is 5.82 Å². The summed E-state index contributed by atoms with van der Waals surface area (Å²) < 4.78 is 13.1. The second kappa shape index (κ2) is 7.62. The monoisotopic (exact) mass is 382 g/mol. The molecule has 0 bridgehead atoms. The lowest BCUT2D eigenvalue weighted by atomic mass is 10.1. The van der Waals surface area contributed by atoms with Crippen LogP contribution in [0.3, 0.4) is 0 Å². The number of aromatic amines is 1. The Labute approximate surface area is 160 Å². The fourth-order valence-corrected chi connectivity index (χ4v) is 3.66. The fraction of sp³-hybridized carbons (Fsp3) is 0.250. The highest BCUT2D eigenvalue weighted by molar-refractivity contribution is 7.98. The number of pyridine rings is 1. The molecule has 1 aliphatic rings. The van der Waals surface area contributed by atoms with Gasteiger partial charge in [0, 0.05) is 31.6 Å². The van der Waals surface area contributed by atoms with Crippen LogP contribution in [0.2, 0.25) is 0 Å². The highest BCUT2D eigenvalue weighted by Crippen LogP contribution is 2.20. The van der Waals surface area contributed by atoms with Gasteiger partial charge in [0.15, 0.2) is 5.16 Å². The van der Waals surface area contributed by atoms with Crippen molar-refractivity contribution >= 4 is 11.8 Å². The molecule has 1 aromatic carbocycles. The molecule has 0 atom stereocenters. The standard InChI is InChI=1S/C20H19FN4OS/c1-27-20-23-18-9-10-25(12-16(18)19(26)24-20)11-15-3-2-4-17(22-15)13-5-7-14(21)8-6-13/h2-8H,9-12H2,1H3,(H,23,24,26). The van der Waals surface area contributed by atoms with Gasteiger partial charge in [-0.15, -0.1) is 0 Å². The van der Waals surface area contributed by atoms with Crippen molar-refractivity contribution in [2.75, 3.05) is 12.8 Å². The van der Waals surface area contributed by atoms with Crippen LogP contribution in [-0.2, 0) is 19.5 Å². The smallest absolute Gasteiger partial charge is 0.256 e. The predicted molar refractivity (Wildman–Crippen MR) is 104 cm³/mol. The summed E-state index contributed by atoms with van der Waals surface area (Å²) in [5.41, 5.74) is 4.20. The Kier molecular flexibility index (Phi) is 5.05. The van der Waals surface area contributed by atoms with Gasteiger partial charge in [0.1, 0.15) is 5.82 Å². The number of aromatic nitrogens is 3. The molecular formula is C20H19FN4OS. The number of halogens is 1. The summed E-state index contributed by atoms with van der Waals surface area (Å²) >= 11 is 1.45. The van der Waals surface area contributed by atoms with Crippen LogP contribution in [-0.4, -0.2) is 32.7 Å². The maximum Gasteiger partial charge on any atom is 0.256 e. The van der Waals surface area contributed by atoms with E-state index < -0.39 is 0 Å². The normalized spacial score (nSPS) is 14.1. The summed E-state index contributed by atoms with van der Waals surface area (Å²) in [6.45, 7) is 2.05. The number of H-pyrrole nitrogens is 1. The van der Waals surface area contributed by atoms with Gasteiger partial charge >= 0.3 is 0 Å². The summed E-state index contributed by atoms with van der Waals surface area (Å²) in [5.74, 6) is -0.259. The summed E-state index contributed by atoms with van der Waals surface area (Å²) in [7, 11) is 0. The van der Waals surface area contributed by atoms with E-state index in [1.807, 2.05) is 24.5 Å². The molecule has 0 unspecified atom stereocenters. The van der Waals surface area contributed by atoms with Crippen LogP contribution >= 0.6 is 11.8 Å². The lowest BCUT2D eigenvalue weighted by Crippen LogP contribution is -2.35. The highest BCUT2D eigenvalue weighted by atomic mass is 32.2. The molecule has 0 amide bonds. The van der Waals surface area contributed by atoms with E-state index in [0.717, 1.165) is 41.2 Å². The molecule has 0 spiro atoms. The number of hydrogen-bond donors (Lipinski definition) is 1. The van der Waals surface area contributed by atoms with Gasteiger partial charge in [0.25, 0.3) is 5.56 Å². The number of fused-ring (bicyclic) bond motifs is 1. The van der Waals surface area contributed by atoms with Crippen molar-refractivity contribution in [3.05, 3.63) is 75.6 Å². The molecule has 0 saturated carbocycles. The van der Waals surface area contributed by atoms with Crippen molar-refractivity contribution in [2.45, 2.75) is 24.7 Å². The third-order valence-electron chi connectivity index (χ3n) is 4.65. The van der Waals surface area contributed by atoms with Crippen LogP contribution in [0.1, 0.15) is 17.0 Å². The molecule has 1 aliphatic heterocycles. The van der Waals surface area contributed by atoms with Gasteiger partial charge in [-0.1, -0.05) is 17.8 Å². The average Bonchev–Trinajstić information content (AvgIpc) is 2.69. The second-order valence-corrected chi connectivity index (χ2v) is 7.28. The number of thioether (sulfide) groups is 1. The molecule has 1 N–H and O–H groups in total. The first kappa shape index (κ1) is 17.9. The molecule has 5 nitrogen and oxygen atoms in total. The minimum atomic E-state index is -0.259. The van der Waals surface area contributed by atoms with Crippen molar-refractivity contribution < 1.29 is 4.39 Å². The topological polar surface area (TPSA) is 61.9 Å². The SMILES string of the molecule is CSc1nc2c(c(=O)[nH]1)CN(Cc1cccc(-c3ccc(F)cc3)n1)CC2. The maximum absolute atomic E-state index is 13.1. The van der Waals surface area contributed by atoms with Crippen molar-refractivity contribution in [2.24, 2.45) is 0 Å². The lowest BCUT2D eigenvalue weighted by molar-refractivity contribution is 0.238. The zero-order chi connectivity index (χ0) is 18.8. The molecule has 7 heteroatoms. The van der Waals surface area contributed by atoms with E-state index in [0.29, 0.717) is 18.2 Å². The maximum atomic E-state index is 13.1. The molecular weight excluding hydrogens is 363 g/mol. The summed E-state index contributed by atoms with van der Waals surface area (Å²) in [4.78, 5) is 26.6. The minimum absolute atomic E-state index is 0.0536. The third-order valence-corrected chi connectivity index (χ3v) is 5.23. The third kappa shape index (κ3) is 3.94. The van der Waals surface area contributed by atoms with Gasteiger partial charge in [-0.25, -0.2) is 9.37 Å². The molecule has 0 radical (unpaired) electrons. The summed E-state index contributed by atoms with van der Waals surface area (Å²) in [5, 5.41) is 0.667. The van der Waals surface area contributed by atoms with Crippen LogP contribution < -0.4 is 5.56 Å². The summed E-state index contributed by atoms with van der Waals surface area (Å²) in [6.07, 6.45) is 2.66. The van der Waals surface area contributed by atoms with E-state index in [1.54, 1.807) is 12.1 Å². The molecule has 4 rings (SSSR count). The molecule has 3 aromatic rings. The van der Waals surface area contributed by atoms with E-state index in [9.17, 15) is 9.18 Å². The Morgan fingerprint density at radius 3 is 2.78 bits per heavy atom. The first-order valence-corrected chi connectivity index (χ1v) is 9.95. The zero-order valence-electron chi connectivity index (χ0n) is 14.9. The Bertz CT molecular complexity index is 1020. The van der Waals surface area contributed by atoms with Crippen LogP contribution in [0.4, 0.5) is 4.39 Å². The quantitative estimate of drug-likeness (QED) is 0.554. The molecule has 0 aliphatic carbocycles. The number of nitrogens with one attached hydrogen (secondary N) is 1. The Morgan fingerprint density at radius 1 is 1.19 bits per heavy atom. The minimum Gasteiger partial charge on any atom is -0.301 e. The van der Waals surface area contributed by atoms with Gasteiger partial charge in [0.2, 0.25) is 0 Å². The van der Waals surface area contributed by atoms with Crippen molar-refractivity contribution in [3.8, 4) is 11.3 Å². The number of hydrogen-bond acceptors (Lipinski definition) is 5. The fourth-order valence-electron chi connectivity index (χ4n) is 3.27. The first-order chi connectivity index (χ1) is 13.1. The van der Waals surface area contributed by atoms with Gasteiger partial charge in [-0.2, -0.15) is 0 Å². The first-order valence-electron chi connectivity index (χ1n) is 8.72. The average molecular weight is 382 g/mol. The van der Waals surface area contributed by atoms with Crippen molar-refractivity contribution in [3.63, 3.8) is 0 Å². The molecule has 0 saturated heterocycles. The predicted octanol–water partition coefficient (Wildman–Crippen LogP) is 3.25. The number of nitrogens with zero attached hydrogens (tertiary/aromatic N) is 3.